The fraction of sp³-hybridized carbons (Fsp3) is 0.348. The Kier molecular flexibility index (Phi) is 4.89. The molecule has 33 heavy (non-hydrogen) atoms. The van der Waals surface area contributed by atoms with Crippen molar-refractivity contribution in [2.24, 2.45) is 5.41 Å². The van der Waals surface area contributed by atoms with E-state index < -0.39 is 34.2 Å². The smallest absolute Gasteiger partial charge is 0.331 e. The summed E-state index contributed by atoms with van der Waals surface area (Å²) in [5, 5.41) is 13.8. The number of carbonyl (C=O) groups is 3. The number of non-ortho nitro benzene ring substituents is 1. The van der Waals surface area contributed by atoms with Crippen LogP contribution in [0.4, 0.5) is 16.2 Å². The maximum atomic E-state index is 14.0. The number of fused-ring (bicyclic) bond motifs is 4. The average molecular weight is 449 g/mol. The maximum absolute atomic E-state index is 14.0. The quantitative estimate of drug-likeness (QED) is 0.429. The monoisotopic (exact) mass is 449 g/mol. The van der Waals surface area contributed by atoms with Gasteiger partial charge in [0.15, 0.2) is 5.41 Å². The van der Waals surface area contributed by atoms with Crippen molar-refractivity contribution in [1.29, 1.82) is 0 Å². The van der Waals surface area contributed by atoms with Crippen molar-refractivity contribution in [3.63, 3.8) is 0 Å². The van der Waals surface area contributed by atoms with Crippen LogP contribution in [-0.4, -0.2) is 65.3 Å². The van der Waals surface area contributed by atoms with Crippen LogP contribution in [0.3, 0.4) is 0 Å². The molecule has 170 valence electrons. The Hall–Kier alpha value is -3.79. The number of urea groups is 1. The van der Waals surface area contributed by atoms with Crippen molar-refractivity contribution in [3.8, 4) is 0 Å². The lowest BCUT2D eigenvalue weighted by molar-refractivity contribution is -0.384. The zero-order chi connectivity index (χ0) is 23.3. The molecule has 0 radical (unpaired) electrons. The second kappa shape index (κ2) is 7.66. The van der Waals surface area contributed by atoms with Gasteiger partial charge in [0, 0.05) is 43.9 Å². The molecular weight excluding hydrogens is 426 g/mol. The highest BCUT2D eigenvalue weighted by molar-refractivity contribution is 6.20. The third-order valence-electron chi connectivity index (χ3n) is 6.89. The standard InChI is InChI=1S/C23H23N5O5/c1-25-9-10-26-18-8-7-17(28(32)33)11-16(18)12-23(19(26)14-25)20(29)24-22(31)27(21(23)30)13-15-5-3-2-4-6-15/h2-8,11,19H,9-10,12-14H2,1H3,(H,24,29,31)/t19-,23-/m0/s1. The van der Waals surface area contributed by atoms with Gasteiger partial charge in [-0.1, -0.05) is 30.3 Å². The van der Waals surface area contributed by atoms with Crippen molar-refractivity contribution in [2.75, 3.05) is 31.6 Å². The molecule has 10 nitrogen and oxygen atoms in total. The summed E-state index contributed by atoms with van der Waals surface area (Å²) >= 11 is 0. The Morgan fingerprint density at radius 1 is 1.12 bits per heavy atom. The van der Waals surface area contributed by atoms with Crippen LogP contribution in [0.25, 0.3) is 0 Å². The summed E-state index contributed by atoms with van der Waals surface area (Å²) in [6.07, 6.45) is -0.0117. The predicted molar refractivity (Wildman–Crippen MR) is 118 cm³/mol. The van der Waals surface area contributed by atoms with E-state index in [1.54, 1.807) is 6.07 Å². The highest BCUT2D eigenvalue weighted by Gasteiger charge is 2.62. The molecule has 2 fully saturated rings. The minimum Gasteiger partial charge on any atom is -0.364 e. The van der Waals surface area contributed by atoms with E-state index in [1.807, 2.05) is 42.3 Å². The van der Waals surface area contributed by atoms with E-state index >= 15 is 0 Å². The number of nitrogens with one attached hydrogen (secondary N) is 1. The fourth-order valence-electron chi connectivity index (χ4n) is 5.22. The number of nitro groups is 1. The highest BCUT2D eigenvalue weighted by Crippen LogP contribution is 2.46. The number of anilines is 1. The number of hydrogen-bond donors (Lipinski definition) is 1. The van der Waals surface area contributed by atoms with Crippen LogP contribution in [0.5, 0.6) is 0 Å². The molecule has 4 amide bonds. The lowest BCUT2D eigenvalue weighted by atomic mass is 9.67. The number of rotatable bonds is 3. The molecular formula is C23H23N5O5. The number of hydrogen-bond acceptors (Lipinski definition) is 7. The van der Waals surface area contributed by atoms with Crippen LogP contribution < -0.4 is 10.2 Å². The Labute approximate surface area is 189 Å². The molecule has 2 atom stereocenters. The third-order valence-corrected chi connectivity index (χ3v) is 6.89. The normalized spacial score (nSPS) is 25.0. The number of likely N-dealkylation sites (N-methyl/N-ethyl adjacent to an activating group) is 1. The molecule has 3 heterocycles. The van der Waals surface area contributed by atoms with Crippen molar-refractivity contribution >= 4 is 29.2 Å². The SMILES string of the molecule is CN1CCN2c3ccc([N+](=O)[O-])cc3C[C@@]3(C(=O)NC(=O)N(Cc4ccccc4)C3=O)[C@@H]2C1. The van der Waals surface area contributed by atoms with E-state index in [-0.39, 0.29) is 18.7 Å². The lowest BCUT2D eigenvalue weighted by Crippen LogP contribution is -2.74. The topological polar surface area (TPSA) is 116 Å². The number of nitrogens with zero attached hydrogens (tertiary/aromatic N) is 4. The van der Waals surface area contributed by atoms with Gasteiger partial charge in [-0.3, -0.25) is 29.9 Å². The molecule has 3 aliphatic heterocycles. The molecule has 0 bridgehead atoms. The Balaban J connectivity index is 1.62. The molecule has 2 aromatic rings. The first-order valence-corrected chi connectivity index (χ1v) is 10.7. The molecule has 3 aliphatic rings. The van der Waals surface area contributed by atoms with Crippen LogP contribution in [0, 0.1) is 15.5 Å². The predicted octanol–water partition coefficient (Wildman–Crippen LogP) is 1.54. The largest absolute Gasteiger partial charge is 0.364 e. The molecule has 0 aromatic heterocycles. The van der Waals surface area contributed by atoms with Crippen LogP contribution in [0.1, 0.15) is 11.1 Å². The minimum atomic E-state index is -1.57. The Morgan fingerprint density at radius 3 is 2.61 bits per heavy atom. The first-order chi connectivity index (χ1) is 15.8. The summed E-state index contributed by atoms with van der Waals surface area (Å²) in [5.41, 5.74) is 0.436. The second-order valence-electron chi connectivity index (χ2n) is 8.83. The summed E-state index contributed by atoms with van der Waals surface area (Å²) in [7, 11) is 1.93. The zero-order valence-electron chi connectivity index (χ0n) is 18.1. The second-order valence-corrected chi connectivity index (χ2v) is 8.83. The zero-order valence-corrected chi connectivity index (χ0v) is 18.1. The molecule has 1 N–H and O–H groups in total. The van der Waals surface area contributed by atoms with Gasteiger partial charge in [0.05, 0.1) is 17.5 Å². The maximum Gasteiger partial charge on any atom is 0.331 e. The van der Waals surface area contributed by atoms with Gasteiger partial charge in [0.1, 0.15) is 0 Å². The van der Waals surface area contributed by atoms with Crippen molar-refractivity contribution in [1.82, 2.24) is 15.1 Å². The Morgan fingerprint density at radius 2 is 1.88 bits per heavy atom. The van der Waals surface area contributed by atoms with Gasteiger partial charge in [-0.2, -0.15) is 0 Å². The number of piperazine rings is 1. The van der Waals surface area contributed by atoms with E-state index in [2.05, 4.69) is 10.2 Å². The first kappa shape index (κ1) is 21.1. The van der Waals surface area contributed by atoms with Crippen molar-refractivity contribution in [3.05, 3.63) is 69.8 Å². The number of carbonyl (C=O) groups excluding carboxylic acids is 3. The van der Waals surface area contributed by atoms with Crippen LogP contribution in [0.2, 0.25) is 0 Å². The van der Waals surface area contributed by atoms with Crippen molar-refractivity contribution in [2.45, 2.75) is 19.0 Å². The number of nitro benzene ring substituents is 1. The molecule has 5 rings (SSSR count). The molecule has 1 spiro atoms. The Bertz CT molecular complexity index is 1170. The number of benzene rings is 2. The lowest BCUT2D eigenvalue weighted by Gasteiger charge is -2.55. The van der Waals surface area contributed by atoms with Crippen molar-refractivity contribution < 1.29 is 19.3 Å². The van der Waals surface area contributed by atoms with Gasteiger partial charge >= 0.3 is 6.03 Å². The average Bonchev–Trinajstić information content (AvgIpc) is 2.80. The summed E-state index contributed by atoms with van der Waals surface area (Å²) in [6.45, 7) is 1.75. The van der Waals surface area contributed by atoms with Crippen LogP contribution in [-0.2, 0) is 22.6 Å². The number of barbiturate groups is 1. The molecule has 2 aromatic carbocycles. The summed E-state index contributed by atoms with van der Waals surface area (Å²) in [5.74, 6) is -1.22. The molecule has 2 saturated heterocycles. The van der Waals surface area contributed by atoms with E-state index in [0.717, 1.165) is 16.2 Å². The van der Waals surface area contributed by atoms with E-state index in [1.165, 1.54) is 12.1 Å². The van der Waals surface area contributed by atoms with Crippen LogP contribution >= 0.6 is 0 Å². The molecule has 0 saturated carbocycles. The number of imide groups is 2. The molecule has 10 heteroatoms. The van der Waals surface area contributed by atoms with Gasteiger partial charge in [-0.05, 0) is 24.2 Å². The molecule has 0 unspecified atom stereocenters. The van der Waals surface area contributed by atoms with Gasteiger partial charge in [0.25, 0.3) is 5.69 Å². The highest BCUT2D eigenvalue weighted by atomic mass is 16.6. The van der Waals surface area contributed by atoms with Gasteiger partial charge < -0.3 is 9.80 Å². The summed E-state index contributed by atoms with van der Waals surface area (Å²) in [6, 6.07) is 12.4. The number of amides is 4. The van der Waals surface area contributed by atoms with E-state index in [4.69, 9.17) is 0 Å². The summed E-state index contributed by atoms with van der Waals surface area (Å²) < 4.78 is 0. The summed E-state index contributed by atoms with van der Waals surface area (Å²) in [4.78, 5) is 56.2. The van der Waals surface area contributed by atoms with E-state index in [9.17, 15) is 24.5 Å². The van der Waals surface area contributed by atoms with Crippen LogP contribution in [0.15, 0.2) is 48.5 Å². The first-order valence-electron chi connectivity index (χ1n) is 10.7. The van der Waals surface area contributed by atoms with Gasteiger partial charge in [-0.25, -0.2) is 4.79 Å². The minimum absolute atomic E-state index is 0.0117. The fourth-order valence-corrected chi connectivity index (χ4v) is 5.22. The van der Waals surface area contributed by atoms with Gasteiger partial charge in [-0.15, -0.1) is 0 Å². The van der Waals surface area contributed by atoms with Gasteiger partial charge in [0.2, 0.25) is 11.8 Å². The van der Waals surface area contributed by atoms with E-state index in [0.29, 0.717) is 25.2 Å². The molecule has 0 aliphatic carbocycles. The third kappa shape index (κ3) is 3.25.